The van der Waals surface area contributed by atoms with E-state index < -0.39 is 30.3 Å². The summed E-state index contributed by atoms with van der Waals surface area (Å²) < 4.78 is 38.8. The molecular weight excluding hydrogens is 369 g/mol. The average Bonchev–Trinajstić information content (AvgIpc) is 2.72. The van der Waals surface area contributed by atoms with Gasteiger partial charge in [0, 0.05) is 18.0 Å². The quantitative estimate of drug-likeness (QED) is 0.690. The van der Waals surface area contributed by atoms with Crippen molar-refractivity contribution >= 4 is 5.91 Å². The molecule has 3 rings (SSSR count). The van der Waals surface area contributed by atoms with Gasteiger partial charge in [-0.05, 0) is 47.0 Å². The number of nitrogens with zero attached hydrogens (tertiary/aromatic N) is 1. The molecule has 0 radical (unpaired) electrons. The number of nitrogens with one attached hydrogen (secondary N) is 1. The summed E-state index contributed by atoms with van der Waals surface area (Å²) in [5, 5.41) is 12.3. The molecule has 7 heteroatoms. The lowest BCUT2D eigenvalue weighted by Gasteiger charge is -2.19. The summed E-state index contributed by atoms with van der Waals surface area (Å²) in [6, 6.07) is 13.9. The number of amides is 1. The molecule has 0 aliphatic heterocycles. The summed E-state index contributed by atoms with van der Waals surface area (Å²) in [6.07, 6.45) is -1.31. The van der Waals surface area contributed by atoms with Gasteiger partial charge >= 0.3 is 6.18 Å². The summed E-state index contributed by atoms with van der Waals surface area (Å²) in [6.45, 7) is -0.537. The standard InChI is InChI=1S/C21H17F3N2O2/c22-21(23,24)16-5-3-4-15(12-16)19(13-27)26-20(28)18-7-2-1-6-17(18)14-8-10-25-11-9-14/h1-12,19,27H,13H2,(H,26,28). The van der Waals surface area contributed by atoms with Gasteiger partial charge in [0.1, 0.15) is 0 Å². The van der Waals surface area contributed by atoms with Crippen LogP contribution in [-0.4, -0.2) is 22.6 Å². The van der Waals surface area contributed by atoms with Gasteiger partial charge in [-0.15, -0.1) is 0 Å². The van der Waals surface area contributed by atoms with E-state index in [-0.39, 0.29) is 5.56 Å². The minimum atomic E-state index is -4.51. The summed E-state index contributed by atoms with van der Waals surface area (Å²) in [5.41, 5.74) is 1.12. The molecule has 144 valence electrons. The van der Waals surface area contributed by atoms with Gasteiger partial charge < -0.3 is 10.4 Å². The molecule has 0 aliphatic carbocycles. The third kappa shape index (κ3) is 4.37. The largest absolute Gasteiger partial charge is 0.416 e. The molecule has 1 heterocycles. The Kier molecular flexibility index (Phi) is 5.75. The van der Waals surface area contributed by atoms with Crippen molar-refractivity contribution in [3.8, 4) is 11.1 Å². The highest BCUT2D eigenvalue weighted by Gasteiger charge is 2.31. The minimum absolute atomic E-state index is 0.173. The smallest absolute Gasteiger partial charge is 0.394 e. The molecule has 1 atom stereocenters. The monoisotopic (exact) mass is 386 g/mol. The Labute approximate surface area is 159 Å². The van der Waals surface area contributed by atoms with Gasteiger partial charge in [0.05, 0.1) is 18.2 Å². The van der Waals surface area contributed by atoms with Crippen molar-refractivity contribution < 1.29 is 23.1 Å². The summed E-state index contributed by atoms with van der Waals surface area (Å²) in [4.78, 5) is 16.8. The van der Waals surface area contributed by atoms with Crippen LogP contribution in [0.1, 0.15) is 27.5 Å². The first kappa shape index (κ1) is 19.6. The van der Waals surface area contributed by atoms with E-state index in [0.717, 1.165) is 17.7 Å². The molecule has 1 aromatic heterocycles. The van der Waals surface area contributed by atoms with Crippen molar-refractivity contribution in [3.05, 3.63) is 89.7 Å². The Balaban J connectivity index is 1.89. The Morgan fingerprint density at radius 2 is 1.75 bits per heavy atom. The number of aliphatic hydroxyl groups is 1. The van der Waals surface area contributed by atoms with E-state index in [1.54, 1.807) is 48.8 Å². The first-order valence-electron chi connectivity index (χ1n) is 8.48. The van der Waals surface area contributed by atoms with E-state index >= 15 is 0 Å². The Hall–Kier alpha value is -3.19. The van der Waals surface area contributed by atoms with Crippen molar-refractivity contribution in [3.63, 3.8) is 0 Å². The van der Waals surface area contributed by atoms with Crippen molar-refractivity contribution in [2.24, 2.45) is 0 Å². The van der Waals surface area contributed by atoms with Crippen LogP contribution >= 0.6 is 0 Å². The number of alkyl halides is 3. The van der Waals surface area contributed by atoms with E-state index in [1.807, 2.05) is 0 Å². The molecule has 0 spiro atoms. The number of benzene rings is 2. The second-order valence-corrected chi connectivity index (χ2v) is 6.11. The number of aromatic nitrogens is 1. The van der Waals surface area contributed by atoms with Crippen LogP contribution in [0.25, 0.3) is 11.1 Å². The maximum absolute atomic E-state index is 12.9. The van der Waals surface area contributed by atoms with Crippen molar-refractivity contribution in [1.82, 2.24) is 10.3 Å². The minimum Gasteiger partial charge on any atom is -0.394 e. The molecule has 0 aliphatic rings. The fourth-order valence-electron chi connectivity index (χ4n) is 2.87. The molecule has 0 bridgehead atoms. The van der Waals surface area contributed by atoms with Crippen LogP contribution in [0.4, 0.5) is 13.2 Å². The van der Waals surface area contributed by atoms with Gasteiger partial charge in [0.15, 0.2) is 0 Å². The molecule has 0 saturated carbocycles. The normalized spacial score (nSPS) is 12.4. The van der Waals surface area contributed by atoms with Gasteiger partial charge in [0.2, 0.25) is 0 Å². The first-order chi connectivity index (χ1) is 13.4. The van der Waals surface area contributed by atoms with Gasteiger partial charge in [-0.1, -0.05) is 30.3 Å². The maximum atomic E-state index is 12.9. The highest BCUT2D eigenvalue weighted by Crippen LogP contribution is 2.31. The highest BCUT2D eigenvalue weighted by atomic mass is 19.4. The molecule has 2 aromatic carbocycles. The summed E-state index contributed by atoms with van der Waals surface area (Å²) >= 11 is 0. The molecule has 3 aromatic rings. The zero-order valence-electron chi connectivity index (χ0n) is 14.6. The number of hydrogen-bond donors (Lipinski definition) is 2. The molecule has 4 nitrogen and oxygen atoms in total. The van der Waals surface area contributed by atoms with Crippen LogP contribution in [-0.2, 0) is 6.18 Å². The van der Waals surface area contributed by atoms with Gasteiger partial charge in [0.25, 0.3) is 5.91 Å². The summed E-state index contributed by atoms with van der Waals surface area (Å²) in [7, 11) is 0. The zero-order valence-corrected chi connectivity index (χ0v) is 14.6. The van der Waals surface area contributed by atoms with E-state index in [0.29, 0.717) is 11.1 Å². The van der Waals surface area contributed by atoms with Crippen molar-refractivity contribution in [2.75, 3.05) is 6.61 Å². The number of carbonyl (C=O) groups excluding carboxylic acids is 1. The average molecular weight is 386 g/mol. The van der Waals surface area contributed by atoms with Crippen LogP contribution in [0, 0.1) is 0 Å². The summed E-state index contributed by atoms with van der Waals surface area (Å²) in [5.74, 6) is -0.496. The van der Waals surface area contributed by atoms with E-state index in [4.69, 9.17) is 0 Å². The lowest BCUT2D eigenvalue weighted by Crippen LogP contribution is -2.31. The van der Waals surface area contributed by atoms with Crippen LogP contribution in [0.5, 0.6) is 0 Å². The predicted molar refractivity (Wildman–Crippen MR) is 98.4 cm³/mol. The number of rotatable bonds is 5. The van der Waals surface area contributed by atoms with E-state index in [9.17, 15) is 23.1 Å². The van der Waals surface area contributed by atoms with Gasteiger partial charge in [-0.2, -0.15) is 13.2 Å². The molecule has 28 heavy (non-hydrogen) atoms. The van der Waals surface area contributed by atoms with Crippen molar-refractivity contribution in [2.45, 2.75) is 12.2 Å². The third-order valence-corrected chi connectivity index (χ3v) is 4.27. The van der Waals surface area contributed by atoms with Crippen LogP contribution in [0.3, 0.4) is 0 Å². The van der Waals surface area contributed by atoms with Crippen LogP contribution < -0.4 is 5.32 Å². The number of halogens is 3. The Morgan fingerprint density at radius 3 is 2.43 bits per heavy atom. The predicted octanol–water partition coefficient (Wildman–Crippen LogP) is 4.23. The first-order valence-corrected chi connectivity index (χ1v) is 8.48. The van der Waals surface area contributed by atoms with Crippen molar-refractivity contribution in [1.29, 1.82) is 0 Å². The van der Waals surface area contributed by atoms with E-state index in [1.165, 1.54) is 12.1 Å². The van der Waals surface area contributed by atoms with Crippen LogP contribution in [0.2, 0.25) is 0 Å². The number of hydrogen-bond acceptors (Lipinski definition) is 3. The fourth-order valence-corrected chi connectivity index (χ4v) is 2.87. The number of carbonyl (C=O) groups is 1. The lowest BCUT2D eigenvalue weighted by atomic mass is 9.99. The Morgan fingerprint density at radius 1 is 1.04 bits per heavy atom. The highest BCUT2D eigenvalue weighted by molar-refractivity contribution is 6.01. The second kappa shape index (κ2) is 8.22. The molecular formula is C21H17F3N2O2. The van der Waals surface area contributed by atoms with Crippen LogP contribution in [0.15, 0.2) is 73.1 Å². The zero-order chi connectivity index (χ0) is 20.1. The van der Waals surface area contributed by atoms with E-state index in [2.05, 4.69) is 10.3 Å². The third-order valence-electron chi connectivity index (χ3n) is 4.27. The van der Waals surface area contributed by atoms with Gasteiger partial charge in [-0.25, -0.2) is 0 Å². The van der Waals surface area contributed by atoms with Gasteiger partial charge in [-0.3, -0.25) is 9.78 Å². The molecule has 1 unspecified atom stereocenters. The number of pyridine rings is 1. The number of aliphatic hydroxyl groups excluding tert-OH is 1. The molecule has 1 amide bonds. The SMILES string of the molecule is O=C(NC(CO)c1cccc(C(F)(F)F)c1)c1ccccc1-c1ccncc1. The molecule has 2 N–H and O–H groups in total. The topological polar surface area (TPSA) is 62.2 Å². The molecule has 0 fully saturated rings. The maximum Gasteiger partial charge on any atom is 0.416 e. The second-order valence-electron chi connectivity index (χ2n) is 6.11. The lowest BCUT2D eigenvalue weighted by molar-refractivity contribution is -0.137. The molecule has 0 saturated heterocycles. The Bertz CT molecular complexity index is 959. The fraction of sp³-hybridized carbons (Fsp3) is 0.143.